The van der Waals surface area contributed by atoms with Crippen LogP contribution in [0.1, 0.15) is 26.3 Å². The molecule has 0 saturated heterocycles. The molecule has 0 spiro atoms. The van der Waals surface area contributed by atoms with E-state index in [1.807, 2.05) is 0 Å². The van der Waals surface area contributed by atoms with Gasteiger partial charge in [-0.1, -0.05) is 0 Å². The standard InChI is InChI=1S/C23H20N2Se/c1-23(2,3)18-13-16(12-15-8-4-5-9-17(15)18)22-24-14-21-25(22)19-10-6-7-11-20(19)26-21/h4-14H,1-3H3. The Morgan fingerprint density at radius 3 is 2.54 bits per heavy atom. The molecular formula is C23H20N2Se. The van der Waals surface area contributed by atoms with Crippen molar-refractivity contribution in [2.75, 3.05) is 0 Å². The summed E-state index contributed by atoms with van der Waals surface area (Å²) in [6.07, 6.45) is 2.06. The van der Waals surface area contributed by atoms with Crippen molar-refractivity contribution in [1.29, 1.82) is 0 Å². The van der Waals surface area contributed by atoms with E-state index >= 15 is 0 Å². The molecule has 128 valence electrons. The third kappa shape index (κ3) is 2.35. The fourth-order valence-corrected chi connectivity index (χ4v) is 5.88. The van der Waals surface area contributed by atoms with Gasteiger partial charge in [0.1, 0.15) is 0 Å². The van der Waals surface area contributed by atoms with Gasteiger partial charge in [0.25, 0.3) is 0 Å². The van der Waals surface area contributed by atoms with Crippen LogP contribution in [0.4, 0.5) is 0 Å². The van der Waals surface area contributed by atoms with Gasteiger partial charge in [0.05, 0.1) is 0 Å². The monoisotopic (exact) mass is 404 g/mol. The van der Waals surface area contributed by atoms with Crippen LogP contribution in [-0.2, 0) is 5.41 Å². The van der Waals surface area contributed by atoms with Crippen molar-refractivity contribution in [2.24, 2.45) is 0 Å². The van der Waals surface area contributed by atoms with Gasteiger partial charge >= 0.3 is 159 Å². The Morgan fingerprint density at radius 2 is 1.69 bits per heavy atom. The molecule has 2 heterocycles. The zero-order valence-corrected chi connectivity index (χ0v) is 16.9. The van der Waals surface area contributed by atoms with E-state index < -0.39 is 0 Å². The molecule has 0 aliphatic carbocycles. The Hall–Kier alpha value is -2.35. The van der Waals surface area contributed by atoms with E-state index in [-0.39, 0.29) is 5.41 Å². The molecule has 3 aromatic carbocycles. The summed E-state index contributed by atoms with van der Waals surface area (Å²) in [6, 6.07) is 22.0. The molecule has 5 aromatic rings. The van der Waals surface area contributed by atoms with Crippen LogP contribution in [-0.4, -0.2) is 23.9 Å². The molecule has 0 aliphatic rings. The van der Waals surface area contributed by atoms with Gasteiger partial charge in [-0.2, -0.15) is 0 Å². The second kappa shape index (κ2) is 5.57. The summed E-state index contributed by atoms with van der Waals surface area (Å²) in [5.41, 5.74) is 3.95. The predicted molar refractivity (Wildman–Crippen MR) is 111 cm³/mol. The maximum atomic E-state index is 4.82. The van der Waals surface area contributed by atoms with Crippen molar-refractivity contribution in [3.63, 3.8) is 0 Å². The normalized spacial score (nSPS) is 12.4. The zero-order chi connectivity index (χ0) is 17.9. The molecule has 0 atom stereocenters. The van der Waals surface area contributed by atoms with Gasteiger partial charge in [-0.05, 0) is 0 Å². The second-order valence-corrected chi connectivity index (χ2v) is 10.0. The van der Waals surface area contributed by atoms with E-state index in [2.05, 4.69) is 92.0 Å². The van der Waals surface area contributed by atoms with Crippen molar-refractivity contribution in [3.8, 4) is 11.4 Å². The number of fused-ring (bicyclic) bond motifs is 4. The van der Waals surface area contributed by atoms with Crippen LogP contribution in [0.3, 0.4) is 0 Å². The molecule has 2 nitrogen and oxygen atoms in total. The van der Waals surface area contributed by atoms with E-state index in [4.69, 9.17) is 4.98 Å². The Kier molecular flexibility index (Phi) is 3.40. The minimum atomic E-state index is 0.0812. The van der Waals surface area contributed by atoms with Crippen LogP contribution in [0.2, 0.25) is 0 Å². The van der Waals surface area contributed by atoms with Crippen LogP contribution in [0.5, 0.6) is 0 Å². The van der Waals surface area contributed by atoms with E-state index in [1.54, 1.807) is 0 Å². The van der Waals surface area contributed by atoms with E-state index in [0.717, 1.165) is 5.82 Å². The summed E-state index contributed by atoms with van der Waals surface area (Å²) in [4.78, 5) is 4.82. The Labute approximate surface area is 158 Å². The summed E-state index contributed by atoms with van der Waals surface area (Å²) < 4.78 is 5.13. The molecule has 0 saturated carbocycles. The predicted octanol–water partition coefficient (Wildman–Crippen LogP) is 5.66. The summed E-state index contributed by atoms with van der Waals surface area (Å²) in [5.74, 6) is 1.06. The number of imidazole rings is 1. The van der Waals surface area contributed by atoms with Crippen molar-refractivity contribution in [3.05, 3.63) is 72.4 Å². The Bertz CT molecular complexity index is 1270. The molecule has 0 bridgehead atoms. The first-order valence-electron chi connectivity index (χ1n) is 8.91. The number of rotatable bonds is 1. The topological polar surface area (TPSA) is 17.3 Å². The number of nitrogens with zero attached hydrogens (tertiary/aromatic N) is 2. The second-order valence-electron chi connectivity index (χ2n) is 7.82. The first-order valence-corrected chi connectivity index (χ1v) is 10.6. The SMILES string of the molecule is CC(C)(C)c1cc(-c2ncc3[se]c4ccccc4n23)cc2ccccc12. The third-order valence-electron chi connectivity index (χ3n) is 4.98. The molecule has 0 amide bonds. The van der Waals surface area contributed by atoms with E-state index in [9.17, 15) is 0 Å². The van der Waals surface area contributed by atoms with Crippen LogP contribution >= 0.6 is 0 Å². The van der Waals surface area contributed by atoms with Gasteiger partial charge in [-0.15, -0.1) is 0 Å². The average molecular weight is 403 g/mol. The first kappa shape index (κ1) is 15.9. The Morgan fingerprint density at radius 1 is 0.923 bits per heavy atom. The van der Waals surface area contributed by atoms with Crippen molar-refractivity contribution in [2.45, 2.75) is 26.2 Å². The molecule has 26 heavy (non-hydrogen) atoms. The molecule has 5 rings (SSSR count). The number of hydrogen-bond donors (Lipinski definition) is 0. The van der Waals surface area contributed by atoms with Gasteiger partial charge in [-0.25, -0.2) is 0 Å². The number of aromatic nitrogens is 2. The quantitative estimate of drug-likeness (QED) is 0.330. The van der Waals surface area contributed by atoms with Gasteiger partial charge in [0.15, 0.2) is 0 Å². The van der Waals surface area contributed by atoms with E-state index in [1.165, 1.54) is 36.1 Å². The van der Waals surface area contributed by atoms with Crippen molar-refractivity contribution >= 4 is 39.4 Å². The van der Waals surface area contributed by atoms with Crippen LogP contribution < -0.4 is 0 Å². The number of benzene rings is 3. The van der Waals surface area contributed by atoms with Crippen molar-refractivity contribution < 1.29 is 0 Å². The molecule has 0 radical (unpaired) electrons. The molecule has 0 aliphatic heterocycles. The molecule has 3 heteroatoms. The fourth-order valence-electron chi connectivity index (χ4n) is 3.75. The maximum absolute atomic E-state index is 4.82. The molecule has 0 fully saturated rings. The molecule has 0 unspecified atom stereocenters. The zero-order valence-electron chi connectivity index (χ0n) is 15.2. The first-order chi connectivity index (χ1) is 12.5. The van der Waals surface area contributed by atoms with Gasteiger partial charge in [0, 0.05) is 0 Å². The molecular weight excluding hydrogens is 383 g/mol. The van der Waals surface area contributed by atoms with Gasteiger partial charge in [0.2, 0.25) is 0 Å². The van der Waals surface area contributed by atoms with E-state index in [0.29, 0.717) is 14.5 Å². The van der Waals surface area contributed by atoms with Gasteiger partial charge < -0.3 is 0 Å². The Balaban J connectivity index is 1.86. The summed E-state index contributed by atoms with van der Waals surface area (Å²) in [6.45, 7) is 6.85. The summed E-state index contributed by atoms with van der Waals surface area (Å²) in [5, 5.41) is 2.62. The average Bonchev–Trinajstić information content (AvgIpc) is 3.19. The number of para-hydroxylation sites is 1. The summed E-state index contributed by atoms with van der Waals surface area (Å²) in [7, 11) is 0. The van der Waals surface area contributed by atoms with Crippen LogP contribution in [0, 0.1) is 0 Å². The van der Waals surface area contributed by atoms with Crippen molar-refractivity contribution in [1.82, 2.24) is 9.38 Å². The van der Waals surface area contributed by atoms with Crippen LogP contribution in [0.15, 0.2) is 66.9 Å². The van der Waals surface area contributed by atoms with Crippen LogP contribution in [0.25, 0.3) is 36.3 Å². The minimum absolute atomic E-state index is 0.0812. The summed E-state index contributed by atoms with van der Waals surface area (Å²) >= 11 is 0.339. The van der Waals surface area contributed by atoms with Gasteiger partial charge in [-0.3, -0.25) is 0 Å². The fraction of sp³-hybridized carbons (Fsp3) is 0.174. The molecule has 2 aromatic heterocycles. The third-order valence-corrected chi connectivity index (χ3v) is 7.21. The number of hydrogen-bond acceptors (Lipinski definition) is 1. The molecule has 0 N–H and O–H groups in total.